The van der Waals surface area contributed by atoms with Crippen molar-refractivity contribution < 1.29 is 0 Å². The van der Waals surface area contributed by atoms with Gasteiger partial charge in [0.15, 0.2) is 0 Å². The number of anilines is 3. The number of fused-ring (bicyclic) bond motifs is 5. The average molecular weight is 677 g/mol. The van der Waals surface area contributed by atoms with Gasteiger partial charge in [-0.2, -0.15) is 0 Å². The predicted molar refractivity (Wildman–Crippen MR) is 226 cm³/mol. The first kappa shape index (κ1) is 30.9. The molecule has 0 saturated heterocycles. The van der Waals surface area contributed by atoms with Crippen LogP contribution in [0.1, 0.15) is 5.56 Å². The van der Waals surface area contributed by atoms with E-state index in [1.807, 2.05) is 0 Å². The summed E-state index contributed by atoms with van der Waals surface area (Å²) in [6.07, 6.45) is 0. The Balaban J connectivity index is 1.14. The van der Waals surface area contributed by atoms with E-state index < -0.39 is 0 Å². The summed E-state index contributed by atoms with van der Waals surface area (Å²) in [4.78, 5) is 2.33. The van der Waals surface area contributed by atoms with Crippen LogP contribution in [0, 0.1) is 6.92 Å². The maximum atomic E-state index is 2.41. The summed E-state index contributed by atoms with van der Waals surface area (Å²) in [5, 5.41) is 7.54. The Morgan fingerprint density at radius 1 is 0.358 bits per heavy atom. The Morgan fingerprint density at radius 3 is 1.45 bits per heavy atom. The second-order valence-corrected chi connectivity index (χ2v) is 13.8. The molecule has 0 amide bonds. The first-order valence-corrected chi connectivity index (χ1v) is 18.3. The van der Waals surface area contributed by atoms with E-state index in [9.17, 15) is 0 Å². The molecule has 0 bridgehead atoms. The van der Waals surface area contributed by atoms with Crippen LogP contribution in [-0.2, 0) is 0 Å². The van der Waals surface area contributed by atoms with Crippen molar-refractivity contribution in [3.8, 4) is 27.9 Å². The molecule has 2 heteroatoms. The number of hydrogen-bond acceptors (Lipinski definition) is 1. The normalized spacial score (nSPS) is 11.5. The first-order chi connectivity index (χ1) is 26.2. The largest absolute Gasteiger partial charge is 0.310 e. The van der Waals surface area contributed by atoms with Gasteiger partial charge in [-0.25, -0.2) is 0 Å². The molecule has 0 aliphatic heterocycles. The van der Waals surface area contributed by atoms with E-state index in [0.29, 0.717) is 0 Å². The van der Waals surface area contributed by atoms with Gasteiger partial charge in [-0.3, -0.25) is 0 Å². The highest BCUT2D eigenvalue weighted by Gasteiger charge is 2.19. The molecule has 0 N–H and O–H groups in total. The minimum absolute atomic E-state index is 1.13. The zero-order chi connectivity index (χ0) is 35.3. The number of hydrogen-bond donors (Lipinski definition) is 0. The zero-order valence-corrected chi connectivity index (χ0v) is 29.4. The summed E-state index contributed by atoms with van der Waals surface area (Å²) in [7, 11) is 0. The topological polar surface area (TPSA) is 8.17 Å². The van der Waals surface area contributed by atoms with Crippen LogP contribution in [0.4, 0.5) is 17.1 Å². The third-order valence-corrected chi connectivity index (χ3v) is 10.7. The van der Waals surface area contributed by atoms with Gasteiger partial charge in [-0.15, -0.1) is 0 Å². The van der Waals surface area contributed by atoms with Crippen molar-refractivity contribution in [3.05, 3.63) is 206 Å². The number of para-hydroxylation sites is 3. The van der Waals surface area contributed by atoms with Crippen molar-refractivity contribution in [3.63, 3.8) is 0 Å². The first-order valence-electron chi connectivity index (χ1n) is 18.3. The van der Waals surface area contributed by atoms with Crippen molar-refractivity contribution in [2.24, 2.45) is 0 Å². The van der Waals surface area contributed by atoms with Gasteiger partial charge in [0, 0.05) is 33.5 Å². The number of aryl methyl sites for hydroxylation is 1. The van der Waals surface area contributed by atoms with Crippen molar-refractivity contribution in [2.75, 3.05) is 4.90 Å². The maximum absolute atomic E-state index is 2.41. The molecule has 9 aromatic carbocycles. The van der Waals surface area contributed by atoms with E-state index in [2.05, 4.69) is 217 Å². The lowest BCUT2D eigenvalue weighted by molar-refractivity contribution is 1.18. The Labute approximate surface area is 309 Å². The second kappa shape index (κ2) is 12.7. The molecule has 250 valence electrons. The van der Waals surface area contributed by atoms with Crippen molar-refractivity contribution in [2.45, 2.75) is 6.92 Å². The van der Waals surface area contributed by atoms with Crippen LogP contribution in [0.25, 0.3) is 71.3 Å². The molecule has 0 fully saturated rings. The van der Waals surface area contributed by atoms with Crippen LogP contribution in [0.3, 0.4) is 0 Å². The Morgan fingerprint density at radius 2 is 0.849 bits per heavy atom. The number of aromatic nitrogens is 1. The number of rotatable bonds is 6. The summed E-state index contributed by atoms with van der Waals surface area (Å²) >= 11 is 0. The summed E-state index contributed by atoms with van der Waals surface area (Å²) in [5.74, 6) is 0. The fourth-order valence-corrected chi connectivity index (χ4v) is 8.34. The van der Waals surface area contributed by atoms with Crippen LogP contribution in [0.15, 0.2) is 200 Å². The average Bonchev–Trinajstić information content (AvgIpc) is 3.55. The summed E-state index contributed by atoms with van der Waals surface area (Å²) < 4.78 is 2.41. The Hall–Kier alpha value is -6.90. The highest BCUT2D eigenvalue weighted by molar-refractivity contribution is 6.21. The molecule has 0 aliphatic rings. The highest BCUT2D eigenvalue weighted by atomic mass is 15.1. The number of benzene rings is 9. The summed E-state index contributed by atoms with van der Waals surface area (Å²) in [5.41, 5.74) is 13.3. The zero-order valence-electron chi connectivity index (χ0n) is 29.4. The summed E-state index contributed by atoms with van der Waals surface area (Å²) in [6.45, 7) is 2.21. The molecule has 0 saturated carbocycles. The molecular formula is C51H36N2. The van der Waals surface area contributed by atoms with E-state index in [1.165, 1.54) is 71.2 Å². The lowest BCUT2D eigenvalue weighted by Gasteiger charge is -2.25. The van der Waals surface area contributed by atoms with Gasteiger partial charge in [0.2, 0.25) is 0 Å². The minimum atomic E-state index is 1.13. The lowest BCUT2D eigenvalue weighted by Crippen LogP contribution is -2.09. The Kier molecular flexibility index (Phi) is 7.40. The van der Waals surface area contributed by atoms with Crippen LogP contribution in [0.2, 0.25) is 0 Å². The van der Waals surface area contributed by atoms with Crippen molar-refractivity contribution >= 4 is 60.4 Å². The molecule has 0 radical (unpaired) electrons. The van der Waals surface area contributed by atoms with Crippen molar-refractivity contribution in [1.82, 2.24) is 4.57 Å². The van der Waals surface area contributed by atoms with Gasteiger partial charge in [-0.1, -0.05) is 140 Å². The van der Waals surface area contributed by atoms with Crippen LogP contribution in [-0.4, -0.2) is 4.57 Å². The number of nitrogens with zero attached hydrogens (tertiary/aromatic N) is 2. The lowest BCUT2D eigenvalue weighted by atomic mass is 9.85. The van der Waals surface area contributed by atoms with Gasteiger partial charge in [0.25, 0.3) is 0 Å². The fourth-order valence-electron chi connectivity index (χ4n) is 8.34. The van der Waals surface area contributed by atoms with Gasteiger partial charge in [0.1, 0.15) is 0 Å². The second-order valence-electron chi connectivity index (χ2n) is 13.8. The van der Waals surface area contributed by atoms with E-state index in [-0.39, 0.29) is 0 Å². The third-order valence-electron chi connectivity index (χ3n) is 10.7. The molecule has 0 spiro atoms. The molecule has 10 rings (SSSR count). The van der Waals surface area contributed by atoms with E-state index >= 15 is 0 Å². The standard InChI is InChI=1S/C51H36N2/c1-35-16-8-9-21-41(35)51-45-25-12-10-23-43(45)50(44-24-11-13-26-46(44)51)36-28-30-39(31-29-36)53-48-27-15-14-22-42(48)47-34-40(32-33-49(47)53)52(37-17-4-2-5-18-37)38-19-6-3-7-20-38/h2-34H,1H3. The quantitative estimate of drug-likeness (QED) is 0.159. The van der Waals surface area contributed by atoms with Gasteiger partial charge < -0.3 is 9.47 Å². The fraction of sp³-hybridized carbons (Fsp3) is 0.0196. The van der Waals surface area contributed by atoms with Crippen LogP contribution in [0.5, 0.6) is 0 Å². The Bertz CT molecular complexity index is 2840. The monoisotopic (exact) mass is 676 g/mol. The SMILES string of the molecule is Cc1ccccc1-c1c2ccccc2c(-c2ccc(-n3c4ccccc4c4cc(N(c5ccccc5)c5ccccc5)ccc43)cc2)c2ccccc12. The maximum Gasteiger partial charge on any atom is 0.0542 e. The van der Waals surface area contributed by atoms with E-state index in [4.69, 9.17) is 0 Å². The van der Waals surface area contributed by atoms with Gasteiger partial charge >= 0.3 is 0 Å². The van der Waals surface area contributed by atoms with Crippen LogP contribution < -0.4 is 4.90 Å². The van der Waals surface area contributed by atoms with Gasteiger partial charge in [0.05, 0.1) is 11.0 Å². The van der Waals surface area contributed by atoms with Crippen LogP contribution >= 0.6 is 0 Å². The minimum Gasteiger partial charge on any atom is -0.310 e. The van der Waals surface area contributed by atoms with E-state index in [0.717, 1.165) is 22.7 Å². The summed E-state index contributed by atoms with van der Waals surface area (Å²) in [6, 6.07) is 72.6. The molecule has 0 unspecified atom stereocenters. The highest BCUT2D eigenvalue weighted by Crippen LogP contribution is 2.45. The van der Waals surface area contributed by atoms with Crippen molar-refractivity contribution in [1.29, 1.82) is 0 Å². The molecule has 1 heterocycles. The molecule has 53 heavy (non-hydrogen) atoms. The van der Waals surface area contributed by atoms with Gasteiger partial charge in [-0.05, 0) is 117 Å². The molecule has 10 aromatic rings. The molecule has 0 atom stereocenters. The molecule has 0 aliphatic carbocycles. The predicted octanol–water partition coefficient (Wildman–Crippen LogP) is 14.2. The van der Waals surface area contributed by atoms with E-state index in [1.54, 1.807) is 0 Å². The molecule has 1 aromatic heterocycles. The molecular weight excluding hydrogens is 641 g/mol. The third kappa shape index (κ3) is 5.11. The molecule has 2 nitrogen and oxygen atoms in total. The smallest absolute Gasteiger partial charge is 0.0542 e.